The van der Waals surface area contributed by atoms with Gasteiger partial charge in [-0.2, -0.15) is 0 Å². The Hall–Kier alpha value is 0.434. The smallest absolute Gasteiger partial charge is 0.0442 e. The number of hydrogen-bond donors (Lipinski definition) is 0. The molecule has 0 radical (unpaired) electrons. The first kappa shape index (κ1) is 14.4. The van der Waals surface area contributed by atoms with E-state index in [1.54, 1.807) is 0 Å². The molecule has 86 valence electrons. The summed E-state index contributed by atoms with van der Waals surface area (Å²) in [5.41, 5.74) is 0. The maximum Gasteiger partial charge on any atom is 0.0442 e. The van der Waals surface area contributed by atoms with Gasteiger partial charge in [0.25, 0.3) is 0 Å². The molecule has 0 aromatic rings. The molecule has 0 N–H and O–H groups in total. The molecule has 0 fully saturated rings. The van der Waals surface area contributed by atoms with Crippen LogP contribution >= 0.6 is 0 Å². The largest absolute Gasteiger partial charge is 0.0695 e. The Labute approximate surface area is 93.5 Å². The Morgan fingerprint density at radius 1 is 0.500 bits per heavy atom. The zero-order valence-electron chi connectivity index (χ0n) is 11.2. The summed E-state index contributed by atoms with van der Waals surface area (Å²) in [6, 6.07) is 3.06. The van der Waals surface area contributed by atoms with Gasteiger partial charge in [0.15, 0.2) is 0 Å². The van der Waals surface area contributed by atoms with Crippen LogP contribution in [0.2, 0.25) is 51.4 Å². The van der Waals surface area contributed by atoms with E-state index in [0.717, 1.165) is 0 Å². The standard InChI is InChI=1S/C12H30Si2/c1-13(2,3)11-9-7-8-10-12-14(4,5)6/h7-12H2,1-6H3. The molecule has 0 atom stereocenters. The van der Waals surface area contributed by atoms with Crippen LogP contribution in [-0.4, -0.2) is 16.1 Å². The van der Waals surface area contributed by atoms with Gasteiger partial charge in [-0.25, -0.2) is 0 Å². The molecule has 0 aliphatic heterocycles. The predicted octanol–water partition coefficient (Wildman–Crippen LogP) is 5.22. The minimum absolute atomic E-state index is 0.745. The van der Waals surface area contributed by atoms with E-state index in [2.05, 4.69) is 39.3 Å². The third-order valence-electron chi connectivity index (χ3n) is 2.60. The first-order valence-electron chi connectivity index (χ1n) is 6.21. The molecule has 0 saturated heterocycles. The van der Waals surface area contributed by atoms with Gasteiger partial charge < -0.3 is 0 Å². The van der Waals surface area contributed by atoms with Crippen molar-refractivity contribution in [2.75, 3.05) is 0 Å². The van der Waals surface area contributed by atoms with Crippen LogP contribution in [0.3, 0.4) is 0 Å². The maximum absolute atomic E-state index is 2.48. The van der Waals surface area contributed by atoms with Crippen molar-refractivity contribution < 1.29 is 0 Å². The average molecular weight is 231 g/mol. The lowest BCUT2D eigenvalue weighted by atomic mass is 10.2. The summed E-state index contributed by atoms with van der Waals surface area (Å²) < 4.78 is 0. The number of hydrogen-bond acceptors (Lipinski definition) is 0. The van der Waals surface area contributed by atoms with Crippen LogP contribution < -0.4 is 0 Å². The summed E-state index contributed by atoms with van der Waals surface area (Å²) in [6.07, 6.45) is 5.94. The van der Waals surface area contributed by atoms with Gasteiger partial charge in [-0.05, 0) is 0 Å². The zero-order chi connectivity index (χ0) is 11.2. The molecule has 2 heteroatoms. The lowest BCUT2D eigenvalue weighted by Crippen LogP contribution is -2.19. The van der Waals surface area contributed by atoms with Crippen molar-refractivity contribution in [2.45, 2.75) is 77.1 Å². The Bertz CT molecular complexity index is 121. The summed E-state index contributed by atoms with van der Waals surface area (Å²) in [6.45, 7) is 14.9. The van der Waals surface area contributed by atoms with Gasteiger partial charge in [-0.1, -0.05) is 77.1 Å². The summed E-state index contributed by atoms with van der Waals surface area (Å²) >= 11 is 0. The minimum Gasteiger partial charge on any atom is -0.0695 e. The van der Waals surface area contributed by atoms with Gasteiger partial charge >= 0.3 is 0 Å². The van der Waals surface area contributed by atoms with E-state index in [1.807, 2.05) is 0 Å². The van der Waals surface area contributed by atoms with Gasteiger partial charge in [-0.3, -0.25) is 0 Å². The van der Waals surface area contributed by atoms with Gasteiger partial charge in [0.1, 0.15) is 0 Å². The molecule has 0 saturated carbocycles. The van der Waals surface area contributed by atoms with Crippen LogP contribution in [-0.2, 0) is 0 Å². The lowest BCUT2D eigenvalue weighted by molar-refractivity contribution is 0.692. The molecule has 0 spiro atoms. The Balaban J connectivity index is 3.23. The van der Waals surface area contributed by atoms with Gasteiger partial charge in [0, 0.05) is 16.1 Å². The molecular formula is C12H30Si2. The first-order chi connectivity index (χ1) is 6.21. The summed E-state index contributed by atoms with van der Waals surface area (Å²) in [7, 11) is -1.49. The van der Waals surface area contributed by atoms with Crippen molar-refractivity contribution in [3.05, 3.63) is 0 Å². The Kier molecular flexibility index (Phi) is 6.30. The van der Waals surface area contributed by atoms with Crippen LogP contribution in [0.15, 0.2) is 0 Å². The molecule has 14 heavy (non-hydrogen) atoms. The zero-order valence-corrected chi connectivity index (χ0v) is 13.2. The van der Waals surface area contributed by atoms with Crippen molar-refractivity contribution in [3.63, 3.8) is 0 Å². The fourth-order valence-corrected chi connectivity index (χ4v) is 4.29. The monoisotopic (exact) mass is 230 g/mol. The second-order valence-corrected chi connectivity index (χ2v) is 18.3. The van der Waals surface area contributed by atoms with Crippen LogP contribution in [0.4, 0.5) is 0 Å². The van der Waals surface area contributed by atoms with E-state index in [9.17, 15) is 0 Å². The molecule has 0 amide bonds. The fraction of sp³-hybridized carbons (Fsp3) is 1.00. The van der Waals surface area contributed by atoms with Crippen LogP contribution in [0.5, 0.6) is 0 Å². The molecule has 0 aliphatic carbocycles. The highest BCUT2D eigenvalue weighted by Crippen LogP contribution is 2.18. The van der Waals surface area contributed by atoms with E-state index in [4.69, 9.17) is 0 Å². The molecule has 0 aromatic carbocycles. The SMILES string of the molecule is C[Si](C)(C)CCCCCC[Si](C)(C)C. The summed E-state index contributed by atoms with van der Waals surface area (Å²) in [5, 5.41) is 0. The highest BCUT2D eigenvalue weighted by atomic mass is 28.3. The van der Waals surface area contributed by atoms with Crippen molar-refractivity contribution >= 4 is 16.1 Å². The van der Waals surface area contributed by atoms with Gasteiger partial charge in [0.2, 0.25) is 0 Å². The van der Waals surface area contributed by atoms with Gasteiger partial charge in [-0.15, -0.1) is 0 Å². The fourth-order valence-electron chi connectivity index (χ4n) is 1.66. The highest BCUT2D eigenvalue weighted by molar-refractivity contribution is 6.76. The lowest BCUT2D eigenvalue weighted by Gasteiger charge is -2.16. The van der Waals surface area contributed by atoms with Crippen LogP contribution in [0.25, 0.3) is 0 Å². The number of unbranched alkanes of at least 4 members (excludes halogenated alkanes) is 3. The quantitative estimate of drug-likeness (QED) is 0.415. The maximum atomic E-state index is 2.48. The van der Waals surface area contributed by atoms with E-state index in [1.165, 1.54) is 37.8 Å². The van der Waals surface area contributed by atoms with Crippen LogP contribution in [0.1, 0.15) is 25.7 Å². The van der Waals surface area contributed by atoms with Crippen molar-refractivity contribution in [3.8, 4) is 0 Å². The third-order valence-corrected chi connectivity index (χ3v) is 6.31. The second-order valence-electron chi connectivity index (χ2n) is 7.04. The molecular weight excluding hydrogens is 200 g/mol. The molecule has 0 bridgehead atoms. The molecule has 0 aromatic heterocycles. The van der Waals surface area contributed by atoms with Crippen molar-refractivity contribution in [2.24, 2.45) is 0 Å². The normalized spacial score (nSPS) is 13.3. The molecule has 0 aliphatic rings. The van der Waals surface area contributed by atoms with E-state index >= 15 is 0 Å². The molecule has 0 rings (SSSR count). The minimum atomic E-state index is -0.745. The van der Waals surface area contributed by atoms with E-state index in [0.29, 0.717) is 0 Å². The Morgan fingerprint density at radius 3 is 1.00 bits per heavy atom. The first-order valence-corrected chi connectivity index (χ1v) is 13.6. The summed E-state index contributed by atoms with van der Waals surface area (Å²) in [5.74, 6) is 0. The van der Waals surface area contributed by atoms with E-state index < -0.39 is 16.1 Å². The predicted molar refractivity (Wildman–Crippen MR) is 74.8 cm³/mol. The number of rotatable bonds is 7. The molecule has 0 nitrogen and oxygen atoms in total. The second kappa shape index (κ2) is 6.11. The summed E-state index contributed by atoms with van der Waals surface area (Å²) in [4.78, 5) is 0. The van der Waals surface area contributed by atoms with Crippen LogP contribution in [0, 0.1) is 0 Å². The average Bonchev–Trinajstić information content (AvgIpc) is 1.92. The Morgan fingerprint density at radius 2 is 0.786 bits per heavy atom. The molecule has 0 heterocycles. The van der Waals surface area contributed by atoms with Crippen molar-refractivity contribution in [1.82, 2.24) is 0 Å². The third kappa shape index (κ3) is 12.4. The highest BCUT2D eigenvalue weighted by Gasteiger charge is 2.13. The van der Waals surface area contributed by atoms with Gasteiger partial charge in [0.05, 0.1) is 0 Å². The topological polar surface area (TPSA) is 0 Å². The molecule has 0 unspecified atom stereocenters. The van der Waals surface area contributed by atoms with Crippen molar-refractivity contribution in [1.29, 1.82) is 0 Å². The van der Waals surface area contributed by atoms with E-state index in [-0.39, 0.29) is 0 Å².